The first-order valence-electron chi connectivity index (χ1n) is 5.32. The molecule has 4 heteroatoms. The highest BCUT2D eigenvalue weighted by Crippen LogP contribution is 2.47. The number of hydrogen-bond donors (Lipinski definition) is 0. The summed E-state index contributed by atoms with van der Waals surface area (Å²) in [5.74, 6) is 2.62. The van der Waals surface area contributed by atoms with Crippen molar-refractivity contribution in [2.75, 3.05) is 20.4 Å². The first kappa shape index (κ1) is 14.7. The van der Waals surface area contributed by atoms with Gasteiger partial charge in [0, 0.05) is 20.6 Å². The van der Waals surface area contributed by atoms with Crippen molar-refractivity contribution < 1.29 is 13.6 Å². The first-order valence-corrected chi connectivity index (χ1v) is 7.05. The first-order chi connectivity index (χ1) is 7.18. The van der Waals surface area contributed by atoms with Crippen LogP contribution in [0.15, 0.2) is 0 Å². The van der Waals surface area contributed by atoms with E-state index in [0.29, 0.717) is 6.16 Å². The van der Waals surface area contributed by atoms with Crippen LogP contribution in [0.1, 0.15) is 38.5 Å². The van der Waals surface area contributed by atoms with E-state index in [9.17, 15) is 4.57 Å². The van der Waals surface area contributed by atoms with Crippen LogP contribution in [0.5, 0.6) is 0 Å². The second kappa shape index (κ2) is 8.97. The van der Waals surface area contributed by atoms with E-state index >= 15 is 0 Å². The standard InChI is InChI=1S/C11H21O3P/c1-4-5-6-7-8-9-10-11-15(12,13-2)14-3/h1H,5-11H2,2-3H3. The van der Waals surface area contributed by atoms with Gasteiger partial charge in [-0.1, -0.05) is 19.3 Å². The van der Waals surface area contributed by atoms with E-state index in [4.69, 9.17) is 15.5 Å². The van der Waals surface area contributed by atoms with Crippen LogP contribution >= 0.6 is 7.60 Å². The average Bonchev–Trinajstić information content (AvgIpc) is 2.27. The maximum Gasteiger partial charge on any atom is 0.330 e. The number of rotatable bonds is 9. The fraction of sp³-hybridized carbons (Fsp3) is 0.818. The fourth-order valence-electron chi connectivity index (χ4n) is 1.32. The molecule has 0 aromatic heterocycles. The van der Waals surface area contributed by atoms with Gasteiger partial charge < -0.3 is 9.05 Å². The molecule has 88 valence electrons. The van der Waals surface area contributed by atoms with E-state index in [0.717, 1.165) is 38.5 Å². The fourth-order valence-corrected chi connectivity index (χ4v) is 2.45. The van der Waals surface area contributed by atoms with Gasteiger partial charge in [0.2, 0.25) is 0 Å². The summed E-state index contributed by atoms with van der Waals surface area (Å²) in [5.41, 5.74) is 0. The lowest BCUT2D eigenvalue weighted by atomic mass is 10.1. The van der Waals surface area contributed by atoms with Crippen molar-refractivity contribution in [2.45, 2.75) is 38.5 Å². The van der Waals surface area contributed by atoms with E-state index in [-0.39, 0.29) is 0 Å². The lowest BCUT2D eigenvalue weighted by Crippen LogP contribution is -1.94. The minimum atomic E-state index is -2.77. The van der Waals surface area contributed by atoms with Crippen molar-refractivity contribution in [3.63, 3.8) is 0 Å². The molecular formula is C11H21O3P. The number of hydrogen-bond acceptors (Lipinski definition) is 3. The highest BCUT2D eigenvalue weighted by atomic mass is 31.2. The van der Waals surface area contributed by atoms with Crippen LogP contribution in [0.25, 0.3) is 0 Å². The van der Waals surface area contributed by atoms with Crippen molar-refractivity contribution in [1.29, 1.82) is 0 Å². The molecule has 0 heterocycles. The molecule has 0 saturated carbocycles. The lowest BCUT2D eigenvalue weighted by Gasteiger charge is -2.12. The molecule has 0 rings (SSSR count). The molecule has 0 unspecified atom stereocenters. The number of terminal acetylenes is 1. The molecule has 0 saturated heterocycles. The van der Waals surface area contributed by atoms with Crippen LogP contribution in [-0.2, 0) is 13.6 Å². The van der Waals surface area contributed by atoms with Gasteiger partial charge in [-0.25, -0.2) is 0 Å². The van der Waals surface area contributed by atoms with Crippen LogP contribution in [0.2, 0.25) is 0 Å². The molecule has 0 aromatic carbocycles. The topological polar surface area (TPSA) is 35.5 Å². The van der Waals surface area contributed by atoms with Crippen LogP contribution in [0.3, 0.4) is 0 Å². The number of unbranched alkanes of at least 4 members (excludes halogenated alkanes) is 5. The van der Waals surface area contributed by atoms with Crippen LogP contribution < -0.4 is 0 Å². The smallest absolute Gasteiger partial charge is 0.312 e. The van der Waals surface area contributed by atoms with Gasteiger partial charge in [-0.05, 0) is 12.8 Å². The van der Waals surface area contributed by atoms with Gasteiger partial charge in [-0.15, -0.1) is 12.3 Å². The maximum absolute atomic E-state index is 11.6. The van der Waals surface area contributed by atoms with E-state index in [1.54, 1.807) is 0 Å². The molecule has 0 atom stereocenters. The molecule has 0 aliphatic heterocycles. The predicted molar refractivity (Wildman–Crippen MR) is 63.0 cm³/mol. The zero-order valence-electron chi connectivity index (χ0n) is 9.70. The summed E-state index contributed by atoms with van der Waals surface area (Å²) < 4.78 is 21.3. The van der Waals surface area contributed by atoms with Gasteiger partial charge >= 0.3 is 7.60 Å². The van der Waals surface area contributed by atoms with Crippen LogP contribution in [-0.4, -0.2) is 20.4 Å². The van der Waals surface area contributed by atoms with Gasteiger partial charge in [0.25, 0.3) is 0 Å². The monoisotopic (exact) mass is 232 g/mol. The Kier molecular flexibility index (Phi) is 8.80. The van der Waals surface area contributed by atoms with Crippen molar-refractivity contribution in [3.8, 4) is 12.3 Å². The average molecular weight is 232 g/mol. The molecule has 0 N–H and O–H groups in total. The third-order valence-electron chi connectivity index (χ3n) is 2.31. The van der Waals surface area contributed by atoms with Gasteiger partial charge in [-0.3, -0.25) is 4.57 Å². The van der Waals surface area contributed by atoms with E-state index in [2.05, 4.69) is 5.92 Å². The Morgan fingerprint density at radius 3 is 2.13 bits per heavy atom. The van der Waals surface area contributed by atoms with E-state index < -0.39 is 7.60 Å². The summed E-state index contributed by atoms with van der Waals surface area (Å²) in [6.07, 6.45) is 11.8. The largest absolute Gasteiger partial charge is 0.330 e. The summed E-state index contributed by atoms with van der Waals surface area (Å²) in [6.45, 7) is 0. The van der Waals surface area contributed by atoms with Crippen LogP contribution in [0.4, 0.5) is 0 Å². The molecule has 0 amide bonds. The van der Waals surface area contributed by atoms with E-state index in [1.165, 1.54) is 14.2 Å². The summed E-state index contributed by atoms with van der Waals surface area (Å²) in [4.78, 5) is 0. The Morgan fingerprint density at radius 2 is 1.60 bits per heavy atom. The van der Waals surface area contributed by atoms with Crippen LogP contribution in [0, 0.1) is 12.3 Å². The Labute approximate surface area is 93.1 Å². The molecule has 0 radical (unpaired) electrons. The Morgan fingerprint density at radius 1 is 1.07 bits per heavy atom. The zero-order valence-corrected chi connectivity index (χ0v) is 10.6. The summed E-state index contributed by atoms with van der Waals surface area (Å²) >= 11 is 0. The van der Waals surface area contributed by atoms with Gasteiger partial charge in [0.1, 0.15) is 0 Å². The second-order valence-corrected chi connectivity index (χ2v) is 5.82. The third-order valence-corrected chi connectivity index (χ3v) is 4.29. The molecule has 0 fully saturated rings. The molecule has 0 aliphatic carbocycles. The molecule has 3 nitrogen and oxygen atoms in total. The van der Waals surface area contributed by atoms with Crippen molar-refractivity contribution in [2.24, 2.45) is 0 Å². The predicted octanol–water partition coefficient (Wildman–Crippen LogP) is 3.45. The molecule has 0 spiro atoms. The SMILES string of the molecule is C#CCCCCCCCP(=O)(OC)OC. The minimum absolute atomic E-state index is 0.509. The highest BCUT2D eigenvalue weighted by molar-refractivity contribution is 7.53. The van der Waals surface area contributed by atoms with Crippen molar-refractivity contribution in [1.82, 2.24) is 0 Å². The molecule has 0 aliphatic rings. The van der Waals surface area contributed by atoms with Gasteiger partial charge in [-0.2, -0.15) is 0 Å². The normalized spacial score (nSPS) is 11.3. The highest BCUT2D eigenvalue weighted by Gasteiger charge is 2.19. The minimum Gasteiger partial charge on any atom is -0.312 e. The third kappa shape index (κ3) is 7.62. The van der Waals surface area contributed by atoms with Gasteiger partial charge in [0.05, 0.1) is 6.16 Å². The quantitative estimate of drug-likeness (QED) is 0.347. The summed E-state index contributed by atoms with van der Waals surface area (Å²) in [7, 11) is 0.0807. The summed E-state index contributed by atoms with van der Waals surface area (Å²) in [5, 5.41) is 0. The molecule has 0 aromatic rings. The molecule has 0 bridgehead atoms. The Hall–Kier alpha value is -0.290. The summed E-state index contributed by atoms with van der Waals surface area (Å²) in [6, 6.07) is 0. The van der Waals surface area contributed by atoms with E-state index in [1.807, 2.05) is 0 Å². The Bertz CT molecular complexity index is 224. The molecule has 15 heavy (non-hydrogen) atoms. The second-order valence-electron chi connectivity index (χ2n) is 3.42. The Balaban J connectivity index is 3.38. The van der Waals surface area contributed by atoms with Gasteiger partial charge in [0.15, 0.2) is 0 Å². The maximum atomic E-state index is 11.6. The molecular weight excluding hydrogens is 211 g/mol. The van der Waals surface area contributed by atoms with Crippen molar-refractivity contribution in [3.05, 3.63) is 0 Å². The zero-order chi connectivity index (χ0) is 11.6. The lowest BCUT2D eigenvalue weighted by molar-refractivity contribution is 0.275. The van der Waals surface area contributed by atoms with Crippen molar-refractivity contribution >= 4 is 7.60 Å².